The molecule has 118 valence electrons. The molecule has 0 saturated carbocycles. The standard InChI is InChI=1S/C13H19F2N3O2S/c1-9-8-17(2)3-4-18(9)21(19,20)12-6-10(7-16)5-11(14)13(12)15/h5-6,9H,3-4,7-8,16H2,1-2H3. The summed E-state index contributed by atoms with van der Waals surface area (Å²) in [5.41, 5.74) is 5.65. The highest BCUT2D eigenvalue weighted by Gasteiger charge is 2.35. The lowest BCUT2D eigenvalue weighted by molar-refractivity contribution is 0.170. The zero-order valence-electron chi connectivity index (χ0n) is 12.0. The van der Waals surface area contributed by atoms with Crippen molar-refractivity contribution in [3.05, 3.63) is 29.3 Å². The van der Waals surface area contributed by atoms with Crippen LogP contribution in [0.1, 0.15) is 12.5 Å². The van der Waals surface area contributed by atoms with Crippen molar-refractivity contribution >= 4 is 10.0 Å². The van der Waals surface area contributed by atoms with Gasteiger partial charge < -0.3 is 10.6 Å². The summed E-state index contributed by atoms with van der Waals surface area (Å²) in [6, 6.07) is 1.72. The minimum Gasteiger partial charge on any atom is -0.326 e. The largest absolute Gasteiger partial charge is 0.326 e. The van der Waals surface area contributed by atoms with E-state index in [0.717, 1.165) is 12.1 Å². The van der Waals surface area contributed by atoms with E-state index in [9.17, 15) is 17.2 Å². The van der Waals surface area contributed by atoms with Gasteiger partial charge in [0.05, 0.1) is 0 Å². The number of halogens is 2. The molecule has 1 atom stereocenters. The van der Waals surface area contributed by atoms with E-state index in [2.05, 4.69) is 0 Å². The van der Waals surface area contributed by atoms with Crippen LogP contribution in [0.5, 0.6) is 0 Å². The molecule has 1 fully saturated rings. The normalized spacial score (nSPS) is 21.7. The molecule has 1 saturated heterocycles. The molecule has 1 aliphatic heterocycles. The number of nitrogens with two attached hydrogens (primary N) is 1. The van der Waals surface area contributed by atoms with Gasteiger partial charge in [-0.1, -0.05) is 0 Å². The molecule has 2 rings (SSSR count). The summed E-state index contributed by atoms with van der Waals surface area (Å²) < 4.78 is 53.9. The first kappa shape index (κ1) is 16.3. The minimum absolute atomic E-state index is 0.0575. The lowest BCUT2D eigenvalue weighted by Gasteiger charge is -2.37. The van der Waals surface area contributed by atoms with Crippen molar-refractivity contribution in [2.24, 2.45) is 5.73 Å². The topological polar surface area (TPSA) is 66.6 Å². The van der Waals surface area contributed by atoms with Crippen LogP contribution < -0.4 is 5.73 Å². The van der Waals surface area contributed by atoms with Crippen molar-refractivity contribution < 1.29 is 17.2 Å². The monoisotopic (exact) mass is 319 g/mol. The van der Waals surface area contributed by atoms with Crippen LogP contribution in [-0.4, -0.2) is 50.3 Å². The lowest BCUT2D eigenvalue weighted by atomic mass is 10.2. The van der Waals surface area contributed by atoms with E-state index in [1.54, 1.807) is 6.92 Å². The number of nitrogens with zero attached hydrogens (tertiary/aromatic N) is 2. The van der Waals surface area contributed by atoms with Gasteiger partial charge in [-0.25, -0.2) is 17.2 Å². The maximum absolute atomic E-state index is 13.9. The molecule has 1 aromatic rings. The van der Waals surface area contributed by atoms with E-state index in [0.29, 0.717) is 13.1 Å². The van der Waals surface area contributed by atoms with Gasteiger partial charge in [0.1, 0.15) is 4.90 Å². The number of piperazine rings is 1. The smallest absolute Gasteiger partial charge is 0.246 e. The molecule has 21 heavy (non-hydrogen) atoms. The second-order valence-corrected chi connectivity index (χ2v) is 7.18. The fraction of sp³-hybridized carbons (Fsp3) is 0.538. The third-order valence-corrected chi connectivity index (χ3v) is 5.66. The van der Waals surface area contributed by atoms with Crippen LogP contribution in [0, 0.1) is 11.6 Å². The van der Waals surface area contributed by atoms with Crippen LogP contribution in [0.15, 0.2) is 17.0 Å². The van der Waals surface area contributed by atoms with Crippen molar-refractivity contribution in [3.63, 3.8) is 0 Å². The molecule has 0 bridgehead atoms. The van der Waals surface area contributed by atoms with Crippen LogP contribution >= 0.6 is 0 Å². The summed E-state index contributed by atoms with van der Waals surface area (Å²) in [5.74, 6) is -2.54. The van der Waals surface area contributed by atoms with E-state index in [1.165, 1.54) is 4.31 Å². The Hall–Kier alpha value is -1.09. The van der Waals surface area contributed by atoms with Crippen molar-refractivity contribution in [2.45, 2.75) is 24.4 Å². The lowest BCUT2D eigenvalue weighted by Crippen LogP contribution is -2.52. The quantitative estimate of drug-likeness (QED) is 0.893. The van der Waals surface area contributed by atoms with Crippen LogP contribution in [0.4, 0.5) is 8.78 Å². The van der Waals surface area contributed by atoms with E-state index >= 15 is 0 Å². The third-order valence-electron chi connectivity index (χ3n) is 3.65. The second-order valence-electron chi connectivity index (χ2n) is 5.32. The predicted octanol–water partition coefficient (Wildman–Crippen LogP) is 0.748. The second kappa shape index (κ2) is 5.96. The summed E-state index contributed by atoms with van der Waals surface area (Å²) >= 11 is 0. The summed E-state index contributed by atoms with van der Waals surface area (Å²) in [5, 5.41) is 0. The Bertz CT molecular complexity index is 637. The third kappa shape index (κ3) is 3.08. The molecule has 2 N–H and O–H groups in total. The van der Waals surface area contributed by atoms with Gasteiger partial charge in [0.25, 0.3) is 0 Å². The van der Waals surface area contributed by atoms with Gasteiger partial charge in [-0.05, 0) is 31.7 Å². The summed E-state index contributed by atoms with van der Waals surface area (Å²) in [7, 11) is -2.20. The average Bonchev–Trinajstić information content (AvgIpc) is 2.40. The van der Waals surface area contributed by atoms with Crippen molar-refractivity contribution in [2.75, 3.05) is 26.7 Å². The van der Waals surface area contributed by atoms with Gasteiger partial charge in [0.15, 0.2) is 11.6 Å². The van der Waals surface area contributed by atoms with Gasteiger partial charge in [-0.15, -0.1) is 0 Å². The number of hydrogen-bond acceptors (Lipinski definition) is 4. The molecule has 0 aromatic heterocycles. The van der Waals surface area contributed by atoms with E-state index in [1.807, 2.05) is 11.9 Å². The Morgan fingerprint density at radius 3 is 2.57 bits per heavy atom. The Morgan fingerprint density at radius 1 is 1.33 bits per heavy atom. The van der Waals surface area contributed by atoms with Crippen LogP contribution in [-0.2, 0) is 16.6 Å². The molecule has 1 aromatic carbocycles. The van der Waals surface area contributed by atoms with Crippen molar-refractivity contribution in [3.8, 4) is 0 Å². The first-order valence-electron chi connectivity index (χ1n) is 6.65. The molecule has 0 aliphatic carbocycles. The van der Waals surface area contributed by atoms with Crippen LogP contribution in [0.3, 0.4) is 0 Å². The molecular formula is C13H19F2N3O2S. The molecule has 8 heteroatoms. The average molecular weight is 319 g/mol. The van der Waals surface area contributed by atoms with Gasteiger partial charge in [0.2, 0.25) is 10.0 Å². The fourth-order valence-electron chi connectivity index (χ4n) is 2.53. The molecule has 0 amide bonds. The number of benzene rings is 1. The summed E-state index contributed by atoms with van der Waals surface area (Å²) in [6.07, 6.45) is 0. The maximum Gasteiger partial charge on any atom is 0.246 e. The summed E-state index contributed by atoms with van der Waals surface area (Å²) in [6.45, 7) is 3.02. The van der Waals surface area contributed by atoms with Gasteiger partial charge in [0, 0.05) is 32.2 Å². The number of likely N-dealkylation sites (N-methyl/N-ethyl adjacent to an activating group) is 1. The summed E-state index contributed by atoms with van der Waals surface area (Å²) in [4.78, 5) is 1.35. The number of rotatable bonds is 3. The Labute approximate surface area is 123 Å². The number of sulfonamides is 1. The van der Waals surface area contributed by atoms with Crippen LogP contribution in [0.25, 0.3) is 0 Å². The van der Waals surface area contributed by atoms with E-state index in [-0.39, 0.29) is 24.7 Å². The predicted molar refractivity (Wildman–Crippen MR) is 75.1 cm³/mol. The van der Waals surface area contributed by atoms with Crippen molar-refractivity contribution in [1.82, 2.24) is 9.21 Å². The molecule has 0 radical (unpaired) electrons. The first-order chi connectivity index (χ1) is 9.77. The van der Waals surface area contributed by atoms with E-state index < -0.39 is 26.6 Å². The van der Waals surface area contributed by atoms with E-state index in [4.69, 9.17) is 5.73 Å². The van der Waals surface area contributed by atoms with Crippen LogP contribution in [0.2, 0.25) is 0 Å². The highest BCUT2D eigenvalue weighted by atomic mass is 32.2. The highest BCUT2D eigenvalue weighted by molar-refractivity contribution is 7.89. The zero-order valence-corrected chi connectivity index (χ0v) is 12.8. The first-order valence-corrected chi connectivity index (χ1v) is 8.09. The zero-order chi connectivity index (χ0) is 15.8. The molecule has 1 heterocycles. The molecule has 1 aliphatic rings. The number of hydrogen-bond donors (Lipinski definition) is 1. The van der Waals surface area contributed by atoms with Crippen molar-refractivity contribution in [1.29, 1.82) is 0 Å². The molecule has 1 unspecified atom stereocenters. The molecule has 0 spiro atoms. The Kier molecular flexibility index (Phi) is 4.62. The maximum atomic E-state index is 13.9. The Morgan fingerprint density at radius 2 is 2.00 bits per heavy atom. The SMILES string of the molecule is CC1CN(C)CCN1S(=O)(=O)c1cc(CN)cc(F)c1F. The van der Waals surface area contributed by atoms with Gasteiger partial charge in [-0.3, -0.25) is 0 Å². The molecule has 5 nitrogen and oxygen atoms in total. The fourth-order valence-corrected chi connectivity index (χ4v) is 4.27. The molecular weight excluding hydrogens is 300 g/mol. The van der Waals surface area contributed by atoms with Gasteiger partial charge in [-0.2, -0.15) is 4.31 Å². The van der Waals surface area contributed by atoms with Gasteiger partial charge >= 0.3 is 0 Å². The minimum atomic E-state index is -4.08. The Balaban J connectivity index is 2.47. The highest BCUT2D eigenvalue weighted by Crippen LogP contribution is 2.26.